The number of primary amides is 2. The van der Waals surface area contributed by atoms with E-state index in [2.05, 4.69) is 52.2 Å². The van der Waals surface area contributed by atoms with Gasteiger partial charge < -0.3 is 101 Å². The van der Waals surface area contributed by atoms with Crippen molar-refractivity contribution < 1.29 is 78.3 Å². The number of carboxylic acids is 1. The number of amides is 10. The number of aliphatic hydroxyl groups is 3. The van der Waals surface area contributed by atoms with Crippen LogP contribution in [-0.4, -0.2) is 198 Å². The molecule has 2 aromatic rings. The molecule has 0 unspecified atom stereocenters. The van der Waals surface area contributed by atoms with Gasteiger partial charge >= 0.3 is 5.97 Å². The number of benzene rings is 1. The van der Waals surface area contributed by atoms with Crippen molar-refractivity contribution in [3.05, 3.63) is 48.0 Å². The molecule has 0 spiro atoms. The number of aromatic amines is 1. The van der Waals surface area contributed by atoms with Crippen molar-refractivity contribution in [2.45, 2.75) is 132 Å². The van der Waals surface area contributed by atoms with Crippen molar-refractivity contribution in [3.63, 3.8) is 0 Å². The van der Waals surface area contributed by atoms with E-state index in [1.54, 1.807) is 0 Å². The van der Waals surface area contributed by atoms with Crippen molar-refractivity contribution in [1.82, 2.24) is 52.1 Å². The predicted molar refractivity (Wildman–Crippen MR) is 271 cm³/mol. The van der Waals surface area contributed by atoms with E-state index in [-0.39, 0.29) is 82.6 Å². The van der Waals surface area contributed by atoms with Gasteiger partial charge in [-0.1, -0.05) is 12.1 Å². The molecule has 0 radical (unpaired) electrons. The maximum Gasteiger partial charge on any atom is 0.328 e. The van der Waals surface area contributed by atoms with Crippen molar-refractivity contribution in [2.75, 3.05) is 26.3 Å². The van der Waals surface area contributed by atoms with Crippen LogP contribution in [0.25, 0.3) is 0 Å². The first-order chi connectivity index (χ1) is 36.8. The monoisotopic (exact) mass is 1100 g/mol. The summed E-state index contributed by atoms with van der Waals surface area (Å²) in [5.41, 5.74) is 27.7. The van der Waals surface area contributed by atoms with E-state index >= 15 is 0 Å². The largest absolute Gasteiger partial charge is 0.508 e. The number of carbonyl (C=O) groups excluding carboxylic acids is 10. The Bertz CT molecular complexity index is 2440. The molecule has 1 aliphatic rings. The molecular weight excluding hydrogens is 1030 g/mol. The number of nitrogens with one attached hydrogen (secondary N) is 8. The fourth-order valence-electron chi connectivity index (χ4n) is 7.82. The van der Waals surface area contributed by atoms with Gasteiger partial charge in [-0.05, 0) is 63.1 Å². The number of hydrogen-bond acceptors (Lipinski definition) is 18. The second kappa shape index (κ2) is 31.5. The highest BCUT2D eigenvalue weighted by Crippen LogP contribution is 2.20. The Balaban J connectivity index is 1.85. The molecule has 1 aromatic carbocycles. The van der Waals surface area contributed by atoms with E-state index in [4.69, 9.17) is 28.7 Å². The van der Waals surface area contributed by atoms with Crippen LogP contribution in [-0.2, 0) is 65.6 Å². The lowest BCUT2D eigenvalue weighted by Gasteiger charge is -2.30. The minimum atomic E-state index is -1.88. The number of carbonyl (C=O) groups is 11. The molecule has 2 heterocycles. The molecule has 32 heteroatoms. The number of hydrogen-bond donors (Lipinski definition) is 18. The summed E-state index contributed by atoms with van der Waals surface area (Å²) >= 11 is 0. The average Bonchev–Trinajstić information content (AvgIpc) is 4.11. The summed E-state index contributed by atoms with van der Waals surface area (Å²) in [6, 6.07) is -8.83. The number of rotatable bonds is 33. The molecule has 1 aromatic heterocycles. The number of nitrogens with zero attached hydrogens (tertiary/aromatic N) is 3. The van der Waals surface area contributed by atoms with Gasteiger partial charge in [-0.25, -0.2) is 9.78 Å². The highest BCUT2D eigenvalue weighted by Gasteiger charge is 2.40. The van der Waals surface area contributed by atoms with Gasteiger partial charge in [0.15, 0.2) is 12.0 Å². The quantitative estimate of drug-likeness (QED) is 0.0179. The van der Waals surface area contributed by atoms with Gasteiger partial charge in [-0.15, -0.1) is 0 Å². The van der Waals surface area contributed by atoms with Crippen LogP contribution < -0.4 is 65.9 Å². The normalized spacial score (nSPS) is 16.4. The van der Waals surface area contributed by atoms with Gasteiger partial charge in [-0.3, -0.25) is 52.9 Å². The van der Waals surface area contributed by atoms with Crippen LogP contribution in [0, 0.1) is 0 Å². The van der Waals surface area contributed by atoms with Crippen LogP contribution in [0.2, 0.25) is 0 Å². The van der Waals surface area contributed by atoms with Gasteiger partial charge in [0.25, 0.3) is 0 Å². The summed E-state index contributed by atoms with van der Waals surface area (Å²) in [5, 5.41) is 66.7. The molecule has 1 saturated heterocycles. The number of phenolic OH excluding ortho intramolecular Hbond substituents is 1. The lowest BCUT2D eigenvalue weighted by Crippen LogP contribution is -2.61. The number of H-pyrrole nitrogens is 1. The van der Waals surface area contributed by atoms with E-state index in [1.165, 1.54) is 36.8 Å². The summed E-state index contributed by atoms with van der Waals surface area (Å²) < 4.78 is 0. The molecule has 1 fully saturated rings. The standard InChI is InChI=1S/C46H70N16O16/c1-22(65)36(45(77)78)61-39(71)27(4-2-14-53-46(50)51)56-43(75)33-5-3-15-62(33)44(76)32(20-64)60-42(74)31(19-63)59-40(72)29(16-23-6-8-25(66)9-7-23)57-41(73)30(17-24-18-52-21-54-24)58-38(70)28(11-13-35(49)68)55-37(69)26(47)10-12-34(48)67/h6-9,18,21-22,26-33,36,63-66H,2-5,10-17,19-20,47H2,1H3,(H2,48,67)(H2,49,68)(H,52,54)(H,55,69)(H,56,75)(H,57,73)(H,58,70)(H,59,72)(H,60,74)(H,61,71)(H,77,78)(H4,50,51,53)/t22-,26+,27+,28+,29+,30+,31+,32+,33+,36+/m1/s1. The van der Waals surface area contributed by atoms with E-state index < -0.39 is 145 Å². The zero-order chi connectivity index (χ0) is 58.2. The number of imidazole rings is 1. The van der Waals surface area contributed by atoms with Crippen molar-refractivity contribution >= 4 is 71.0 Å². The van der Waals surface area contributed by atoms with E-state index in [0.29, 0.717) is 11.3 Å². The predicted octanol–water partition coefficient (Wildman–Crippen LogP) is -8.35. The molecule has 10 atom stereocenters. The molecule has 1 aliphatic heterocycles. The summed E-state index contributed by atoms with van der Waals surface area (Å²) in [4.78, 5) is 156. The number of aliphatic hydroxyl groups excluding tert-OH is 3. The van der Waals surface area contributed by atoms with Gasteiger partial charge in [0.05, 0.1) is 31.7 Å². The molecule has 0 bridgehead atoms. The van der Waals surface area contributed by atoms with Crippen LogP contribution >= 0.6 is 0 Å². The van der Waals surface area contributed by atoms with Crippen LogP contribution in [0.5, 0.6) is 5.75 Å². The smallest absolute Gasteiger partial charge is 0.328 e. The second-order valence-electron chi connectivity index (χ2n) is 18.2. The number of nitrogens with two attached hydrogens (primary N) is 5. The zero-order valence-electron chi connectivity index (χ0n) is 42.6. The number of aliphatic imine (C=N–C) groups is 1. The SMILES string of the molecule is C[C@@H](O)[C@H](NC(=O)[C@H](CCCN=C(N)N)NC(=O)[C@@H]1CCCN1C(=O)[C@H](CO)NC(=O)[C@H](CO)NC(=O)[C@H](Cc1ccc(O)cc1)NC(=O)[C@H](Cc1cnc[nH]1)NC(=O)[C@H](CCC(N)=O)NC(=O)[C@@H](N)CCC(N)=O)C(=O)O. The average molecular weight is 1100 g/mol. The Morgan fingerprint density at radius 1 is 0.705 bits per heavy atom. The fourth-order valence-corrected chi connectivity index (χ4v) is 7.82. The minimum Gasteiger partial charge on any atom is -0.508 e. The molecule has 23 N–H and O–H groups in total. The zero-order valence-corrected chi connectivity index (χ0v) is 42.6. The second-order valence-corrected chi connectivity index (χ2v) is 18.2. The van der Waals surface area contributed by atoms with Gasteiger partial charge in [0, 0.05) is 50.7 Å². The number of likely N-dealkylation sites (tertiary alicyclic amines) is 1. The Labute approximate surface area is 445 Å². The van der Waals surface area contributed by atoms with Gasteiger partial charge in [-0.2, -0.15) is 0 Å². The fraction of sp³-hybridized carbons (Fsp3) is 0.543. The third kappa shape index (κ3) is 20.9. The molecule has 3 rings (SSSR count). The van der Waals surface area contributed by atoms with Crippen molar-refractivity contribution in [1.29, 1.82) is 0 Å². The van der Waals surface area contributed by atoms with E-state index in [0.717, 1.165) is 11.8 Å². The Hall–Kier alpha value is -8.49. The van der Waals surface area contributed by atoms with Crippen LogP contribution in [0.4, 0.5) is 0 Å². The number of phenols is 1. The number of guanidine groups is 1. The van der Waals surface area contributed by atoms with Crippen molar-refractivity contribution in [3.8, 4) is 5.75 Å². The Kier molecular flexibility index (Phi) is 25.8. The maximum atomic E-state index is 14.3. The Morgan fingerprint density at radius 2 is 1.23 bits per heavy atom. The van der Waals surface area contributed by atoms with E-state index in [9.17, 15) is 78.3 Å². The third-order valence-corrected chi connectivity index (χ3v) is 12.0. The minimum absolute atomic E-state index is 0.00821. The lowest BCUT2D eigenvalue weighted by molar-refractivity contribution is -0.146. The number of aromatic hydroxyl groups is 1. The summed E-state index contributed by atoms with van der Waals surface area (Å²) in [7, 11) is 0. The highest BCUT2D eigenvalue weighted by atomic mass is 16.4. The number of carboxylic acid groups (broad SMARTS) is 1. The highest BCUT2D eigenvalue weighted by molar-refractivity contribution is 5.98. The molecule has 0 saturated carbocycles. The molecule has 32 nitrogen and oxygen atoms in total. The first-order valence-corrected chi connectivity index (χ1v) is 24.5. The molecule has 430 valence electrons. The maximum absolute atomic E-state index is 14.3. The molecule has 0 aliphatic carbocycles. The summed E-state index contributed by atoms with van der Waals surface area (Å²) in [6.07, 6.45) is -0.604. The molecular formula is C46H70N16O16. The first kappa shape index (κ1) is 63.8. The lowest BCUT2D eigenvalue weighted by atomic mass is 10.0. The van der Waals surface area contributed by atoms with E-state index in [1.807, 2.05) is 0 Å². The van der Waals surface area contributed by atoms with Crippen LogP contribution in [0.15, 0.2) is 41.8 Å². The molecule has 10 amide bonds. The molecule has 78 heavy (non-hydrogen) atoms. The van der Waals surface area contributed by atoms with Gasteiger partial charge in [0.2, 0.25) is 59.1 Å². The Morgan fingerprint density at radius 3 is 1.78 bits per heavy atom. The topological polar surface area (TPSA) is 548 Å². The van der Waals surface area contributed by atoms with Gasteiger partial charge in [0.1, 0.15) is 48.0 Å². The first-order valence-electron chi connectivity index (χ1n) is 24.5. The third-order valence-electron chi connectivity index (χ3n) is 12.0. The number of aromatic nitrogens is 2. The number of aliphatic carboxylic acids is 1. The summed E-state index contributed by atoms with van der Waals surface area (Å²) in [5.74, 6) is -11.7. The summed E-state index contributed by atoms with van der Waals surface area (Å²) in [6.45, 7) is -1.13. The van der Waals surface area contributed by atoms with Crippen LogP contribution in [0.3, 0.4) is 0 Å². The van der Waals surface area contributed by atoms with Crippen LogP contribution in [0.1, 0.15) is 69.5 Å². The van der Waals surface area contributed by atoms with Crippen molar-refractivity contribution in [2.24, 2.45) is 33.7 Å².